The van der Waals surface area contributed by atoms with Gasteiger partial charge in [-0.05, 0) is 18.9 Å². The third kappa shape index (κ3) is 4.20. The Balaban J connectivity index is 2.73. The molecule has 7 heteroatoms. The van der Waals surface area contributed by atoms with E-state index in [1.165, 1.54) is 13.2 Å². The van der Waals surface area contributed by atoms with Crippen molar-refractivity contribution in [2.45, 2.75) is 19.8 Å². The van der Waals surface area contributed by atoms with E-state index in [-0.39, 0.29) is 18.1 Å². The Morgan fingerprint density at radius 2 is 2.26 bits per heavy atom. The summed E-state index contributed by atoms with van der Waals surface area (Å²) in [5.41, 5.74) is 0.707. The van der Waals surface area contributed by atoms with Crippen LogP contribution in [-0.4, -0.2) is 36.6 Å². The van der Waals surface area contributed by atoms with Gasteiger partial charge in [-0.25, -0.2) is 4.98 Å². The third-order valence-electron chi connectivity index (χ3n) is 2.64. The molecule has 0 aliphatic rings. The summed E-state index contributed by atoms with van der Waals surface area (Å²) < 4.78 is 4.53. The Labute approximate surface area is 111 Å². The first-order valence-corrected chi connectivity index (χ1v) is 5.84. The second-order valence-electron chi connectivity index (χ2n) is 4.21. The minimum Gasteiger partial charge on any atom is -0.469 e. The van der Waals surface area contributed by atoms with Crippen LogP contribution in [0.15, 0.2) is 12.3 Å². The number of methoxy groups -OCH3 is 1. The van der Waals surface area contributed by atoms with Crippen molar-refractivity contribution in [1.29, 1.82) is 0 Å². The van der Waals surface area contributed by atoms with E-state index in [4.69, 9.17) is 0 Å². The molecule has 7 nitrogen and oxygen atoms in total. The van der Waals surface area contributed by atoms with E-state index < -0.39 is 4.92 Å². The Morgan fingerprint density at radius 3 is 2.84 bits per heavy atom. The van der Waals surface area contributed by atoms with Gasteiger partial charge in [0.25, 0.3) is 0 Å². The Hall–Kier alpha value is -2.18. The highest BCUT2D eigenvalue weighted by atomic mass is 16.6. The maximum atomic E-state index is 11.0. The standard InChI is InChI=1S/C12H17N3O4/c1-9-7-10(15(17)18)12(13-8-9)14(2)6-4-5-11(16)19-3/h7-8H,4-6H2,1-3H3. The van der Waals surface area contributed by atoms with Crippen LogP contribution in [-0.2, 0) is 9.53 Å². The number of ether oxygens (including phenoxy) is 1. The smallest absolute Gasteiger partial charge is 0.311 e. The molecular formula is C12H17N3O4. The SMILES string of the molecule is COC(=O)CCCN(C)c1ncc(C)cc1[N+](=O)[O-]. The molecule has 0 fully saturated rings. The quantitative estimate of drug-likeness (QED) is 0.443. The molecule has 0 spiro atoms. The molecule has 0 unspecified atom stereocenters. The lowest BCUT2D eigenvalue weighted by Gasteiger charge is -2.17. The Bertz CT molecular complexity index is 476. The highest BCUT2D eigenvalue weighted by Gasteiger charge is 2.18. The van der Waals surface area contributed by atoms with Gasteiger partial charge in [-0.3, -0.25) is 14.9 Å². The molecule has 19 heavy (non-hydrogen) atoms. The van der Waals surface area contributed by atoms with Crippen molar-refractivity contribution in [1.82, 2.24) is 4.98 Å². The van der Waals surface area contributed by atoms with E-state index in [9.17, 15) is 14.9 Å². The largest absolute Gasteiger partial charge is 0.469 e. The van der Waals surface area contributed by atoms with Crippen LogP contribution in [0, 0.1) is 17.0 Å². The van der Waals surface area contributed by atoms with Gasteiger partial charge in [-0.15, -0.1) is 0 Å². The summed E-state index contributed by atoms with van der Waals surface area (Å²) in [4.78, 5) is 27.3. The molecule has 0 atom stereocenters. The predicted molar refractivity (Wildman–Crippen MR) is 70.1 cm³/mol. The van der Waals surface area contributed by atoms with Crippen molar-refractivity contribution in [2.24, 2.45) is 0 Å². The number of aromatic nitrogens is 1. The topological polar surface area (TPSA) is 85.6 Å². The summed E-state index contributed by atoms with van der Waals surface area (Å²) in [7, 11) is 3.04. The van der Waals surface area contributed by atoms with Gasteiger partial charge in [0.2, 0.25) is 5.82 Å². The van der Waals surface area contributed by atoms with Crippen LogP contribution in [0.25, 0.3) is 0 Å². The number of hydrogen-bond donors (Lipinski definition) is 0. The molecule has 0 aromatic carbocycles. The van der Waals surface area contributed by atoms with E-state index >= 15 is 0 Å². The third-order valence-corrected chi connectivity index (χ3v) is 2.64. The van der Waals surface area contributed by atoms with Gasteiger partial charge in [-0.1, -0.05) is 0 Å². The number of pyridine rings is 1. The summed E-state index contributed by atoms with van der Waals surface area (Å²) >= 11 is 0. The van der Waals surface area contributed by atoms with Gasteiger partial charge >= 0.3 is 11.7 Å². The molecule has 1 rings (SSSR count). The molecule has 0 bridgehead atoms. The highest BCUT2D eigenvalue weighted by molar-refractivity contribution is 5.69. The van der Waals surface area contributed by atoms with Gasteiger partial charge in [0.1, 0.15) is 0 Å². The van der Waals surface area contributed by atoms with Crippen molar-refractivity contribution in [3.8, 4) is 0 Å². The number of aryl methyl sites for hydroxylation is 1. The number of nitro groups is 1. The molecule has 1 aromatic heterocycles. The molecule has 0 radical (unpaired) electrons. The first kappa shape index (κ1) is 14.9. The van der Waals surface area contributed by atoms with Crippen molar-refractivity contribution < 1.29 is 14.5 Å². The maximum Gasteiger partial charge on any atom is 0.311 e. The minimum absolute atomic E-state index is 0.0273. The van der Waals surface area contributed by atoms with Crippen LogP contribution in [0.3, 0.4) is 0 Å². The van der Waals surface area contributed by atoms with Crippen LogP contribution >= 0.6 is 0 Å². The van der Waals surface area contributed by atoms with Crippen LogP contribution in [0.1, 0.15) is 18.4 Å². The molecule has 0 aliphatic carbocycles. The van der Waals surface area contributed by atoms with E-state index in [0.29, 0.717) is 18.8 Å². The molecule has 0 amide bonds. The van der Waals surface area contributed by atoms with Crippen molar-refractivity contribution in [3.63, 3.8) is 0 Å². The van der Waals surface area contributed by atoms with E-state index in [0.717, 1.165) is 5.56 Å². The van der Waals surface area contributed by atoms with Crippen molar-refractivity contribution in [2.75, 3.05) is 25.6 Å². The van der Waals surface area contributed by atoms with Gasteiger partial charge in [0, 0.05) is 32.3 Å². The zero-order valence-electron chi connectivity index (χ0n) is 11.3. The zero-order chi connectivity index (χ0) is 14.4. The number of carbonyl (C=O) groups excluding carboxylic acids is 1. The lowest BCUT2D eigenvalue weighted by atomic mass is 10.2. The van der Waals surface area contributed by atoms with Gasteiger partial charge in [0.15, 0.2) is 0 Å². The van der Waals surface area contributed by atoms with E-state index in [1.807, 2.05) is 0 Å². The second-order valence-corrected chi connectivity index (χ2v) is 4.21. The average molecular weight is 267 g/mol. The Morgan fingerprint density at radius 1 is 1.58 bits per heavy atom. The normalized spacial score (nSPS) is 10.1. The predicted octanol–water partition coefficient (Wildman–Crippen LogP) is 1.69. The van der Waals surface area contributed by atoms with Gasteiger partial charge in [0.05, 0.1) is 12.0 Å². The molecule has 0 aliphatic heterocycles. The second kappa shape index (κ2) is 6.67. The summed E-state index contributed by atoms with van der Waals surface area (Å²) in [6.45, 7) is 2.24. The average Bonchev–Trinajstić information content (AvgIpc) is 2.38. The maximum absolute atomic E-state index is 11.0. The summed E-state index contributed by atoms with van der Waals surface area (Å²) in [5.74, 6) is 0.0141. The molecule has 0 saturated carbocycles. The number of carbonyl (C=O) groups is 1. The van der Waals surface area contributed by atoms with Crippen LogP contribution in [0.5, 0.6) is 0 Å². The van der Waals surface area contributed by atoms with Gasteiger partial charge < -0.3 is 9.64 Å². The first-order valence-electron chi connectivity index (χ1n) is 5.84. The Kier molecular flexibility index (Phi) is 5.23. The van der Waals surface area contributed by atoms with E-state index in [2.05, 4.69) is 9.72 Å². The zero-order valence-corrected chi connectivity index (χ0v) is 11.3. The van der Waals surface area contributed by atoms with Gasteiger partial charge in [-0.2, -0.15) is 0 Å². The highest BCUT2D eigenvalue weighted by Crippen LogP contribution is 2.25. The molecule has 1 aromatic rings. The minimum atomic E-state index is -0.452. The summed E-state index contributed by atoms with van der Waals surface area (Å²) in [6, 6.07) is 1.49. The number of anilines is 1. The monoisotopic (exact) mass is 267 g/mol. The number of esters is 1. The summed E-state index contributed by atoms with van der Waals surface area (Å²) in [5, 5.41) is 11.0. The van der Waals surface area contributed by atoms with Crippen molar-refractivity contribution in [3.05, 3.63) is 27.9 Å². The fraction of sp³-hybridized carbons (Fsp3) is 0.500. The van der Waals surface area contributed by atoms with Crippen LogP contribution in [0.2, 0.25) is 0 Å². The summed E-state index contributed by atoms with van der Waals surface area (Å²) in [6.07, 6.45) is 2.41. The van der Waals surface area contributed by atoms with Crippen LogP contribution in [0.4, 0.5) is 11.5 Å². The lowest BCUT2D eigenvalue weighted by molar-refractivity contribution is -0.384. The lowest BCUT2D eigenvalue weighted by Crippen LogP contribution is -2.21. The molecule has 104 valence electrons. The van der Waals surface area contributed by atoms with Crippen LogP contribution < -0.4 is 4.90 Å². The fourth-order valence-corrected chi connectivity index (χ4v) is 1.64. The molecular weight excluding hydrogens is 250 g/mol. The fourth-order valence-electron chi connectivity index (χ4n) is 1.64. The number of hydrogen-bond acceptors (Lipinski definition) is 6. The first-order chi connectivity index (χ1) is 8.95. The molecule has 1 heterocycles. The molecule has 0 N–H and O–H groups in total. The molecule has 0 saturated heterocycles. The van der Waals surface area contributed by atoms with E-state index in [1.54, 1.807) is 25.1 Å². The number of nitrogens with zero attached hydrogens (tertiary/aromatic N) is 3. The van der Waals surface area contributed by atoms with Crippen molar-refractivity contribution >= 4 is 17.5 Å². The number of rotatable bonds is 6.